The highest BCUT2D eigenvalue weighted by molar-refractivity contribution is 7.99. The van der Waals surface area contributed by atoms with Crippen molar-refractivity contribution in [3.63, 3.8) is 0 Å². The van der Waals surface area contributed by atoms with Crippen molar-refractivity contribution in [2.45, 2.75) is 58.0 Å². The Morgan fingerprint density at radius 1 is 0.969 bits per heavy atom. The molecule has 1 N–H and O–H groups in total. The lowest BCUT2D eigenvalue weighted by molar-refractivity contribution is -0.139. The number of amides is 2. The molecule has 174 valence electrons. The summed E-state index contributed by atoms with van der Waals surface area (Å²) in [5, 5.41) is 4.57. The number of carbonyl (C=O) groups excluding carboxylic acids is 2. The molecule has 0 radical (unpaired) electrons. The predicted octanol–water partition coefficient (Wildman–Crippen LogP) is 6.60. The first-order chi connectivity index (χ1) is 15.2. The Kier molecular flexibility index (Phi) is 11.2. The molecule has 2 rings (SSSR count). The van der Waals surface area contributed by atoms with Crippen molar-refractivity contribution < 1.29 is 9.59 Å². The molecule has 0 bridgehead atoms. The Morgan fingerprint density at radius 3 is 2.22 bits per heavy atom. The van der Waals surface area contributed by atoms with Gasteiger partial charge in [0, 0.05) is 23.4 Å². The van der Waals surface area contributed by atoms with Crippen LogP contribution in [0.25, 0.3) is 0 Å². The Hall–Kier alpha value is -1.40. The summed E-state index contributed by atoms with van der Waals surface area (Å²) in [6.07, 6.45) is 1.33. The third-order valence-corrected chi connectivity index (χ3v) is 7.11. The minimum Gasteiger partial charge on any atom is -0.352 e. The number of rotatable bonds is 11. The van der Waals surface area contributed by atoms with E-state index < -0.39 is 6.04 Å². The van der Waals surface area contributed by atoms with E-state index in [4.69, 9.17) is 34.8 Å². The molecule has 0 aliphatic carbocycles. The number of hydrogen-bond donors (Lipinski definition) is 1. The van der Waals surface area contributed by atoms with Gasteiger partial charge in [0.25, 0.3) is 0 Å². The van der Waals surface area contributed by atoms with E-state index in [0.717, 1.165) is 17.5 Å². The maximum Gasteiger partial charge on any atom is 0.243 e. The predicted molar refractivity (Wildman–Crippen MR) is 137 cm³/mol. The van der Waals surface area contributed by atoms with Crippen LogP contribution in [-0.2, 0) is 21.9 Å². The van der Waals surface area contributed by atoms with Crippen molar-refractivity contribution in [1.82, 2.24) is 10.2 Å². The van der Waals surface area contributed by atoms with Crippen molar-refractivity contribution in [3.05, 3.63) is 68.7 Å². The fourth-order valence-electron chi connectivity index (χ4n) is 3.12. The highest BCUT2D eigenvalue weighted by atomic mass is 35.5. The zero-order valence-electron chi connectivity index (χ0n) is 18.5. The topological polar surface area (TPSA) is 49.4 Å². The third-order valence-electron chi connectivity index (χ3n) is 5.13. The van der Waals surface area contributed by atoms with E-state index in [9.17, 15) is 9.59 Å². The molecule has 0 unspecified atom stereocenters. The molecule has 2 amide bonds. The summed E-state index contributed by atoms with van der Waals surface area (Å²) in [6, 6.07) is 12.3. The van der Waals surface area contributed by atoms with Crippen LogP contribution in [0.1, 0.15) is 44.7 Å². The summed E-state index contributed by atoms with van der Waals surface area (Å²) in [4.78, 5) is 27.9. The quantitative estimate of drug-likeness (QED) is 0.367. The van der Waals surface area contributed by atoms with Crippen molar-refractivity contribution in [3.8, 4) is 0 Å². The number of carbonyl (C=O) groups is 2. The van der Waals surface area contributed by atoms with Gasteiger partial charge in [-0.05, 0) is 55.2 Å². The smallest absolute Gasteiger partial charge is 0.243 e. The first-order valence-electron chi connectivity index (χ1n) is 10.6. The van der Waals surface area contributed by atoms with E-state index in [1.165, 1.54) is 11.8 Å². The lowest BCUT2D eigenvalue weighted by atomic mass is 10.1. The Labute approximate surface area is 210 Å². The number of halogens is 3. The van der Waals surface area contributed by atoms with Crippen molar-refractivity contribution in [1.29, 1.82) is 0 Å². The second-order valence-electron chi connectivity index (χ2n) is 7.63. The van der Waals surface area contributed by atoms with Gasteiger partial charge in [0.2, 0.25) is 11.8 Å². The summed E-state index contributed by atoms with van der Waals surface area (Å²) in [6.45, 7) is 6.16. The van der Waals surface area contributed by atoms with Crippen LogP contribution in [0.2, 0.25) is 15.1 Å². The van der Waals surface area contributed by atoms with Crippen molar-refractivity contribution in [2.24, 2.45) is 0 Å². The van der Waals surface area contributed by atoms with E-state index in [0.29, 0.717) is 27.2 Å². The average molecular weight is 516 g/mol. The normalized spacial score (nSPS) is 12.8. The molecular formula is C24H29Cl3N2O2S. The van der Waals surface area contributed by atoms with Crippen LogP contribution in [0.4, 0.5) is 0 Å². The maximum atomic E-state index is 13.2. The maximum absolute atomic E-state index is 13.2. The summed E-state index contributed by atoms with van der Waals surface area (Å²) in [5.74, 6) is 0.704. The standard InChI is InChI=1S/C24H29Cl3N2O2S/c1-4-16(3)28-24(31)22(5-2)29(13-18-8-11-20(26)21(27)12-18)23(30)15-32-14-17-6-9-19(25)10-7-17/h6-12,16,22H,4-5,13-15H2,1-3H3,(H,28,31)/t16-,22-/m1/s1. The van der Waals surface area contributed by atoms with Gasteiger partial charge in [0.15, 0.2) is 0 Å². The Morgan fingerprint density at radius 2 is 1.62 bits per heavy atom. The largest absolute Gasteiger partial charge is 0.352 e. The molecule has 2 aromatic carbocycles. The van der Waals surface area contributed by atoms with Crippen molar-refractivity contribution in [2.75, 3.05) is 5.75 Å². The van der Waals surface area contributed by atoms with E-state index in [1.807, 2.05) is 51.1 Å². The molecule has 0 saturated carbocycles. The number of benzene rings is 2. The van der Waals surface area contributed by atoms with Crippen LogP contribution in [0.15, 0.2) is 42.5 Å². The highest BCUT2D eigenvalue weighted by Gasteiger charge is 2.29. The molecule has 0 aliphatic heterocycles. The summed E-state index contributed by atoms with van der Waals surface area (Å²) >= 11 is 19.7. The molecule has 0 spiro atoms. The monoisotopic (exact) mass is 514 g/mol. The van der Waals surface area contributed by atoms with Gasteiger partial charge < -0.3 is 10.2 Å². The van der Waals surface area contributed by atoms with Crippen LogP contribution in [0.5, 0.6) is 0 Å². The van der Waals surface area contributed by atoms with Crippen LogP contribution in [0.3, 0.4) is 0 Å². The summed E-state index contributed by atoms with van der Waals surface area (Å²) in [7, 11) is 0. The third kappa shape index (κ3) is 8.18. The minimum absolute atomic E-state index is 0.0396. The fraction of sp³-hybridized carbons (Fsp3) is 0.417. The molecule has 0 fully saturated rings. The Bertz CT molecular complexity index is 909. The van der Waals surface area contributed by atoms with Crippen LogP contribution in [-0.4, -0.2) is 34.6 Å². The van der Waals surface area contributed by atoms with Crippen LogP contribution in [0, 0.1) is 0 Å². The summed E-state index contributed by atoms with van der Waals surface area (Å²) < 4.78 is 0. The van der Waals surface area contributed by atoms with Gasteiger partial charge in [0.05, 0.1) is 15.8 Å². The summed E-state index contributed by atoms with van der Waals surface area (Å²) in [5.41, 5.74) is 1.91. The van der Waals surface area contributed by atoms with Gasteiger partial charge in [-0.3, -0.25) is 9.59 Å². The van der Waals surface area contributed by atoms with Gasteiger partial charge >= 0.3 is 0 Å². The van der Waals surface area contributed by atoms with E-state index in [2.05, 4.69) is 5.32 Å². The molecule has 0 aromatic heterocycles. The lowest BCUT2D eigenvalue weighted by Gasteiger charge is -2.31. The highest BCUT2D eigenvalue weighted by Crippen LogP contribution is 2.25. The molecule has 0 aliphatic rings. The van der Waals surface area contributed by atoms with Gasteiger partial charge in [0.1, 0.15) is 6.04 Å². The molecule has 2 aromatic rings. The zero-order chi connectivity index (χ0) is 23.7. The first-order valence-corrected chi connectivity index (χ1v) is 12.9. The number of nitrogens with zero attached hydrogens (tertiary/aromatic N) is 1. The number of thioether (sulfide) groups is 1. The number of hydrogen-bond acceptors (Lipinski definition) is 3. The average Bonchev–Trinajstić information content (AvgIpc) is 2.77. The molecular weight excluding hydrogens is 487 g/mol. The van der Waals surface area contributed by atoms with Gasteiger partial charge in [-0.25, -0.2) is 0 Å². The van der Waals surface area contributed by atoms with E-state index in [-0.39, 0.29) is 30.2 Å². The van der Waals surface area contributed by atoms with E-state index in [1.54, 1.807) is 17.0 Å². The molecule has 4 nitrogen and oxygen atoms in total. The second-order valence-corrected chi connectivity index (χ2v) is 9.87. The SMILES string of the molecule is CC[C@@H](C)NC(=O)[C@@H](CC)N(Cc1ccc(Cl)c(Cl)c1)C(=O)CSCc1ccc(Cl)cc1. The van der Waals surface area contributed by atoms with Crippen molar-refractivity contribution >= 4 is 58.4 Å². The van der Waals surface area contributed by atoms with E-state index >= 15 is 0 Å². The first kappa shape index (κ1) is 26.8. The zero-order valence-corrected chi connectivity index (χ0v) is 21.6. The lowest BCUT2D eigenvalue weighted by Crippen LogP contribution is -2.51. The molecule has 0 saturated heterocycles. The Balaban J connectivity index is 2.16. The molecule has 8 heteroatoms. The minimum atomic E-state index is -0.568. The second kappa shape index (κ2) is 13.3. The number of nitrogens with one attached hydrogen (secondary N) is 1. The van der Waals surface area contributed by atoms with Gasteiger partial charge in [-0.1, -0.05) is 66.8 Å². The van der Waals surface area contributed by atoms with Gasteiger partial charge in [-0.2, -0.15) is 0 Å². The molecule has 32 heavy (non-hydrogen) atoms. The molecule has 0 heterocycles. The van der Waals surface area contributed by atoms with Gasteiger partial charge in [-0.15, -0.1) is 11.8 Å². The van der Waals surface area contributed by atoms with Crippen LogP contribution >= 0.6 is 46.6 Å². The van der Waals surface area contributed by atoms with Crippen LogP contribution < -0.4 is 5.32 Å². The molecule has 2 atom stereocenters. The fourth-order valence-corrected chi connectivity index (χ4v) is 4.43.